The van der Waals surface area contributed by atoms with Crippen molar-refractivity contribution in [1.29, 1.82) is 0 Å². The Morgan fingerprint density at radius 3 is 2.70 bits per heavy atom. The predicted molar refractivity (Wildman–Crippen MR) is 99.6 cm³/mol. The Hall–Kier alpha value is -2.35. The van der Waals surface area contributed by atoms with E-state index in [1.807, 2.05) is 6.92 Å². The number of anilines is 1. The Kier molecular flexibility index (Phi) is 5.15. The molecule has 7 nitrogen and oxygen atoms in total. The van der Waals surface area contributed by atoms with E-state index in [0.29, 0.717) is 38.4 Å². The van der Waals surface area contributed by atoms with Crippen LogP contribution in [0.4, 0.5) is 15.1 Å². The highest BCUT2D eigenvalue weighted by molar-refractivity contribution is 5.79. The summed E-state index contributed by atoms with van der Waals surface area (Å²) in [5.41, 5.74) is 1.61. The highest BCUT2D eigenvalue weighted by Gasteiger charge is 2.29. The van der Waals surface area contributed by atoms with Gasteiger partial charge in [0.15, 0.2) is 0 Å². The summed E-state index contributed by atoms with van der Waals surface area (Å²) in [7, 11) is 0. The number of halogens is 1. The van der Waals surface area contributed by atoms with Crippen LogP contribution in [0.3, 0.4) is 0 Å². The molecule has 0 radical (unpaired) electrons. The maximum atomic E-state index is 13.7. The Bertz CT molecular complexity index is 811. The Balaban J connectivity index is 1.63. The molecule has 0 spiro atoms. The molecule has 0 atom stereocenters. The molecule has 2 aliphatic rings. The summed E-state index contributed by atoms with van der Waals surface area (Å²) in [6.07, 6.45) is 1.39. The largest absolute Gasteiger partial charge is 0.450 e. The minimum atomic E-state index is -0.280. The van der Waals surface area contributed by atoms with Crippen molar-refractivity contribution in [3.63, 3.8) is 0 Å². The second-order valence-electron chi connectivity index (χ2n) is 6.93. The average molecular weight is 376 g/mol. The van der Waals surface area contributed by atoms with Gasteiger partial charge in [-0.2, -0.15) is 0 Å². The average Bonchev–Trinajstić information content (AvgIpc) is 3.07. The summed E-state index contributed by atoms with van der Waals surface area (Å²) < 4.78 is 26.5. The number of hydrogen-bond acceptors (Lipinski definition) is 5. The SMILES string of the molecule is CCOC(=O)N1CCC(n2c(N3CCOCC3)nc3cc(F)ccc32)CC1. The van der Waals surface area contributed by atoms with Crippen LogP contribution in [0.15, 0.2) is 18.2 Å². The first-order valence-corrected chi connectivity index (χ1v) is 9.59. The molecule has 2 saturated heterocycles. The molecular weight excluding hydrogens is 351 g/mol. The van der Waals surface area contributed by atoms with Crippen LogP contribution >= 0.6 is 0 Å². The molecule has 3 heterocycles. The topological polar surface area (TPSA) is 59.8 Å². The molecule has 27 heavy (non-hydrogen) atoms. The lowest BCUT2D eigenvalue weighted by Crippen LogP contribution is -2.41. The van der Waals surface area contributed by atoms with E-state index < -0.39 is 0 Å². The van der Waals surface area contributed by atoms with Gasteiger partial charge in [0.2, 0.25) is 5.95 Å². The van der Waals surface area contributed by atoms with Gasteiger partial charge in [0.25, 0.3) is 0 Å². The van der Waals surface area contributed by atoms with Crippen LogP contribution in [0.25, 0.3) is 11.0 Å². The van der Waals surface area contributed by atoms with Crippen LogP contribution < -0.4 is 4.90 Å². The van der Waals surface area contributed by atoms with Gasteiger partial charge in [-0.3, -0.25) is 0 Å². The van der Waals surface area contributed by atoms with Gasteiger partial charge in [0.05, 0.1) is 30.9 Å². The van der Waals surface area contributed by atoms with Crippen molar-refractivity contribution in [2.45, 2.75) is 25.8 Å². The third-order valence-corrected chi connectivity index (χ3v) is 5.28. The number of nitrogens with zero attached hydrogens (tertiary/aromatic N) is 4. The van der Waals surface area contributed by atoms with E-state index in [4.69, 9.17) is 14.5 Å². The van der Waals surface area contributed by atoms with Gasteiger partial charge in [-0.05, 0) is 31.9 Å². The minimum Gasteiger partial charge on any atom is -0.450 e. The Morgan fingerprint density at radius 1 is 1.26 bits per heavy atom. The maximum absolute atomic E-state index is 13.7. The van der Waals surface area contributed by atoms with Crippen molar-refractivity contribution in [3.8, 4) is 0 Å². The molecule has 0 N–H and O–H groups in total. The maximum Gasteiger partial charge on any atom is 0.409 e. The third-order valence-electron chi connectivity index (χ3n) is 5.28. The van der Waals surface area contributed by atoms with E-state index in [1.54, 1.807) is 11.0 Å². The molecule has 1 aromatic carbocycles. The summed E-state index contributed by atoms with van der Waals surface area (Å²) in [5.74, 6) is 0.589. The number of piperidine rings is 1. The van der Waals surface area contributed by atoms with Gasteiger partial charge < -0.3 is 23.8 Å². The molecule has 1 amide bonds. The first kappa shape index (κ1) is 18.0. The quantitative estimate of drug-likeness (QED) is 0.824. The van der Waals surface area contributed by atoms with Gasteiger partial charge in [-0.1, -0.05) is 0 Å². The summed E-state index contributed by atoms with van der Waals surface area (Å²) >= 11 is 0. The lowest BCUT2D eigenvalue weighted by atomic mass is 10.0. The minimum absolute atomic E-state index is 0.212. The van der Waals surface area contributed by atoms with Crippen molar-refractivity contribution < 1.29 is 18.7 Å². The van der Waals surface area contributed by atoms with Gasteiger partial charge in [-0.15, -0.1) is 0 Å². The van der Waals surface area contributed by atoms with Crippen LogP contribution in [0, 0.1) is 5.82 Å². The van der Waals surface area contributed by atoms with Gasteiger partial charge >= 0.3 is 6.09 Å². The first-order chi connectivity index (χ1) is 13.2. The number of fused-ring (bicyclic) bond motifs is 1. The fourth-order valence-corrected chi connectivity index (χ4v) is 3.93. The van der Waals surface area contributed by atoms with Crippen molar-refractivity contribution in [2.24, 2.45) is 0 Å². The molecule has 1 aromatic heterocycles. The summed E-state index contributed by atoms with van der Waals surface area (Å²) in [4.78, 5) is 20.7. The molecule has 146 valence electrons. The second-order valence-corrected chi connectivity index (χ2v) is 6.93. The molecule has 2 fully saturated rings. The highest BCUT2D eigenvalue weighted by Crippen LogP contribution is 2.33. The standard InChI is InChI=1S/C19H25FN4O3/c1-2-27-19(25)23-7-5-15(6-8-23)24-17-4-3-14(20)13-16(17)21-18(24)22-9-11-26-12-10-22/h3-4,13,15H,2,5-12H2,1H3. The first-order valence-electron chi connectivity index (χ1n) is 9.59. The smallest absolute Gasteiger partial charge is 0.409 e. The van der Waals surface area contributed by atoms with Gasteiger partial charge in [0, 0.05) is 38.3 Å². The lowest BCUT2D eigenvalue weighted by Gasteiger charge is -2.35. The van der Waals surface area contributed by atoms with Crippen LogP contribution in [0.2, 0.25) is 0 Å². The van der Waals surface area contributed by atoms with Crippen molar-refractivity contribution in [3.05, 3.63) is 24.0 Å². The van der Waals surface area contributed by atoms with Crippen molar-refractivity contribution in [1.82, 2.24) is 14.5 Å². The highest BCUT2D eigenvalue weighted by atomic mass is 19.1. The van der Waals surface area contributed by atoms with E-state index in [1.165, 1.54) is 12.1 Å². The number of carbonyl (C=O) groups excluding carboxylic acids is 1. The van der Waals surface area contributed by atoms with Crippen molar-refractivity contribution >= 4 is 23.1 Å². The molecule has 2 aromatic rings. The normalized spacial score (nSPS) is 18.9. The third kappa shape index (κ3) is 3.58. The van der Waals surface area contributed by atoms with E-state index in [2.05, 4.69) is 9.47 Å². The Labute approximate surface area is 157 Å². The number of ether oxygens (including phenoxy) is 2. The number of carbonyl (C=O) groups is 1. The fourth-order valence-electron chi connectivity index (χ4n) is 3.93. The predicted octanol–water partition coefficient (Wildman–Crippen LogP) is 2.81. The zero-order chi connectivity index (χ0) is 18.8. The van der Waals surface area contributed by atoms with E-state index in [9.17, 15) is 9.18 Å². The summed E-state index contributed by atoms with van der Waals surface area (Å²) in [6.45, 7) is 6.37. The van der Waals surface area contributed by atoms with Gasteiger partial charge in [-0.25, -0.2) is 14.2 Å². The zero-order valence-electron chi connectivity index (χ0n) is 15.6. The monoisotopic (exact) mass is 376 g/mol. The number of likely N-dealkylation sites (tertiary alicyclic amines) is 1. The molecule has 2 aliphatic heterocycles. The fraction of sp³-hybridized carbons (Fsp3) is 0.579. The number of amides is 1. The second kappa shape index (κ2) is 7.72. The lowest BCUT2D eigenvalue weighted by molar-refractivity contribution is 0.0927. The molecule has 0 unspecified atom stereocenters. The van der Waals surface area contributed by atoms with E-state index in [0.717, 1.165) is 37.4 Å². The summed E-state index contributed by atoms with van der Waals surface area (Å²) in [5, 5.41) is 0. The number of aromatic nitrogens is 2. The Morgan fingerprint density at radius 2 is 2.00 bits per heavy atom. The number of rotatable bonds is 3. The van der Waals surface area contributed by atoms with E-state index >= 15 is 0 Å². The van der Waals surface area contributed by atoms with Gasteiger partial charge in [0.1, 0.15) is 5.82 Å². The number of morpholine rings is 1. The zero-order valence-corrected chi connectivity index (χ0v) is 15.6. The molecule has 0 saturated carbocycles. The molecule has 0 aliphatic carbocycles. The summed E-state index contributed by atoms with van der Waals surface area (Å²) in [6, 6.07) is 4.99. The van der Waals surface area contributed by atoms with Crippen LogP contribution in [-0.2, 0) is 9.47 Å². The molecular formula is C19H25FN4O3. The number of benzene rings is 1. The molecule has 4 rings (SSSR count). The number of imidazole rings is 1. The molecule has 0 bridgehead atoms. The van der Waals surface area contributed by atoms with Crippen LogP contribution in [0.5, 0.6) is 0 Å². The molecule has 8 heteroatoms. The van der Waals surface area contributed by atoms with E-state index in [-0.39, 0.29) is 18.0 Å². The van der Waals surface area contributed by atoms with Crippen LogP contribution in [-0.4, -0.2) is 66.5 Å². The number of hydrogen-bond donors (Lipinski definition) is 0. The van der Waals surface area contributed by atoms with Crippen LogP contribution in [0.1, 0.15) is 25.8 Å². The van der Waals surface area contributed by atoms with Crippen molar-refractivity contribution in [2.75, 3.05) is 50.9 Å².